The molecule has 1 saturated heterocycles. The van der Waals surface area contributed by atoms with Crippen LogP contribution in [0.3, 0.4) is 0 Å². The highest BCUT2D eigenvalue weighted by atomic mass is 32.2. The van der Waals surface area contributed by atoms with E-state index in [1.165, 1.54) is 8.99 Å². The molecule has 178 valence electrons. The fourth-order valence-electron chi connectivity index (χ4n) is 4.09. The molecule has 0 amide bonds. The summed E-state index contributed by atoms with van der Waals surface area (Å²) in [5.74, 6) is 0.857. The minimum atomic E-state index is -3.70. The van der Waals surface area contributed by atoms with Gasteiger partial charge in [0.2, 0.25) is 10.0 Å². The van der Waals surface area contributed by atoms with Gasteiger partial charge in [-0.1, -0.05) is 6.92 Å². The van der Waals surface area contributed by atoms with Crippen LogP contribution in [0.15, 0.2) is 34.1 Å². The number of aryl methyl sites for hydroxylation is 1. The van der Waals surface area contributed by atoms with E-state index in [0.29, 0.717) is 73.9 Å². The second kappa shape index (κ2) is 9.24. The number of rotatable bonds is 7. The van der Waals surface area contributed by atoms with Gasteiger partial charge in [0, 0.05) is 39.8 Å². The van der Waals surface area contributed by atoms with Crippen LogP contribution in [-0.4, -0.2) is 76.8 Å². The van der Waals surface area contributed by atoms with Crippen molar-refractivity contribution < 1.29 is 13.2 Å². The molecule has 1 aromatic carbocycles. The number of ether oxygens (including phenoxy) is 1. The van der Waals surface area contributed by atoms with Crippen LogP contribution in [0, 0.1) is 0 Å². The molecule has 0 atom stereocenters. The minimum absolute atomic E-state index is 0.161. The summed E-state index contributed by atoms with van der Waals surface area (Å²) in [4.78, 5) is 20.3. The molecule has 1 fully saturated rings. The van der Waals surface area contributed by atoms with Crippen molar-refractivity contribution in [1.82, 2.24) is 28.5 Å². The number of benzene rings is 1. The zero-order valence-corrected chi connectivity index (χ0v) is 20.3. The first kappa shape index (κ1) is 23.4. The molecule has 33 heavy (non-hydrogen) atoms. The third-order valence-corrected chi connectivity index (χ3v) is 7.78. The van der Waals surface area contributed by atoms with E-state index in [0.717, 1.165) is 0 Å². The van der Waals surface area contributed by atoms with Gasteiger partial charge in [0.25, 0.3) is 5.56 Å². The summed E-state index contributed by atoms with van der Waals surface area (Å²) in [5, 5.41) is 4.18. The van der Waals surface area contributed by atoms with E-state index in [1.807, 2.05) is 20.9 Å². The molecule has 3 heterocycles. The van der Waals surface area contributed by atoms with Crippen molar-refractivity contribution in [3.8, 4) is 17.1 Å². The number of aromatic nitrogens is 4. The Kier molecular flexibility index (Phi) is 6.55. The standard InChI is InChI=1S/C22H30N6O4S/c1-5-9-28-21(24-18-15-23-26(4)20(18)22(28)29)17-14-16(7-8-19(17)32-6-2)33(30,31)27-12-10-25(3)11-13-27/h7-8,14-15H,5-6,9-13H2,1-4H3. The number of hydrogen-bond donors (Lipinski definition) is 0. The van der Waals surface area contributed by atoms with Crippen LogP contribution in [0.5, 0.6) is 5.75 Å². The molecule has 0 unspecified atom stereocenters. The van der Waals surface area contributed by atoms with Gasteiger partial charge < -0.3 is 9.64 Å². The van der Waals surface area contributed by atoms with E-state index in [2.05, 4.69) is 10.00 Å². The molecule has 0 radical (unpaired) electrons. The van der Waals surface area contributed by atoms with Crippen molar-refractivity contribution >= 4 is 21.1 Å². The minimum Gasteiger partial charge on any atom is -0.493 e. The van der Waals surface area contributed by atoms with Gasteiger partial charge in [-0.2, -0.15) is 9.40 Å². The Morgan fingerprint density at radius 3 is 2.48 bits per heavy atom. The highest BCUT2D eigenvalue weighted by molar-refractivity contribution is 7.89. The van der Waals surface area contributed by atoms with Crippen LogP contribution in [0.25, 0.3) is 22.4 Å². The van der Waals surface area contributed by atoms with Crippen LogP contribution < -0.4 is 10.3 Å². The van der Waals surface area contributed by atoms with Crippen molar-refractivity contribution in [1.29, 1.82) is 0 Å². The number of likely N-dealkylation sites (N-methyl/N-ethyl adjacent to an activating group) is 1. The molecule has 1 aliphatic heterocycles. The predicted octanol–water partition coefficient (Wildman–Crippen LogP) is 1.54. The maximum atomic E-state index is 13.4. The molecule has 0 spiro atoms. The molecular formula is C22H30N6O4S. The Morgan fingerprint density at radius 1 is 1.09 bits per heavy atom. The van der Waals surface area contributed by atoms with Gasteiger partial charge in [-0.3, -0.25) is 14.0 Å². The van der Waals surface area contributed by atoms with Crippen molar-refractivity contribution in [2.45, 2.75) is 31.7 Å². The summed E-state index contributed by atoms with van der Waals surface area (Å²) in [6, 6.07) is 4.79. The Morgan fingerprint density at radius 2 is 1.82 bits per heavy atom. The Bertz CT molecular complexity index is 1320. The van der Waals surface area contributed by atoms with Crippen LogP contribution in [0.4, 0.5) is 0 Å². The topological polar surface area (TPSA) is 103 Å². The second-order valence-corrected chi connectivity index (χ2v) is 10.1. The van der Waals surface area contributed by atoms with Gasteiger partial charge in [0.1, 0.15) is 17.1 Å². The molecule has 4 rings (SSSR count). The number of fused-ring (bicyclic) bond motifs is 1. The van der Waals surface area contributed by atoms with Crippen molar-refractivity contribution in [3.05, 3.63) is 34.7 Å². The molecular weight excluding hydrogens is 444 g/mol. The lowest BCUT2D eigenvalue weighted by Gasteiger charge is -2.31. The molecule has 10 nitrogen and oxygen atoms in total. The van der Waals surface area contributed by atoms with E-state index < -0.39 is 10.0 Å². The number of nitrogens with zero attached hydrogens (tertiary/aromatic N) is 6. The molecule has 0 aliphatic carbocycles. The van der Waals surface area contributed by atoms with Gasteiger partial charge in [0.05, 0.1) is 23.3 Å². The summed E-state index contributed by atoms with van der Waals surface area (Å²) in [6.45, 7) is 6.88. The molecule has 3 aromatic rings. The molecule has 0 N–H and O–H groups in total. The summed E-state index contributed by atoms with van der Waals surface area (Å²) < 4.78 is 37.2. The van der Waals surface area contributed by atoms with Crippen molar-refractivity contribution in [2.75, 3.05) is 39.8 Å². The smallest absolute Gasteiger partial charge is 0.279 e. The largest absolute Gasteiger partial charge is 0.493 e. The molecule has 0 saturated carbocycles. The van der Waals surface area contributed by atoms with Crippen molar-refractivity contribution in [3.63, 3.8) is 0 Å². The average molecular weight is 475 g/mol. The van der Waals surface area contributed by atoms with Crippen LogP contribution >= 0.6 is 0 Å². The molecule has 2 aromatic heterocycles. The Labute approximate surface area is 193 Å². The maximum Gasteiger partial charge on any atom is 0.279 e. The van der Waals surface area contributed by atoms with Crippen LogP contribution in [-0.2, 0) is 23.6 Å². The van der Waals surface area contributed by atoms with Gasteiger partial charge in [-0.25, -0.2) is 13.4 Å². The lowest BCUT2D eigenvalue weighted by Crippen LogP contribution is -2.47. The summed E-state index contributed by atoms with van der Waals surface area (Å²) in [7, 11) is -0.0189. The van der Waals surface area contributed by atoms with Gasteiger partial charge in [-0.05, 0) is 38.6 Å². The predicted molar refractivity (Wildman–Crippen MR) is 126 cm³/mol. The number of piperazine rings is 1. The van der Waals surface area contributed by atoms with Gasteiger partial charge in [0.15, 0.2) is 5.52 Å². The van der Waals surface area contributed by atoms with Gasteiger partial charge >= 0.3 is 0 Å². The zero-order valence-electron chi connectivity index (χ0n) is 19.5. The Balaban J connectivity index is 1.91. The van der Waals surface area contributed by atoms with E-state index in [9.17, 15) is 13.2 Å². The highest BCUT2D eigenvalue weighted by Gasteiger charge is 2.29. The number of sulfonamides is 1. The summed E-state index contributed by atoms with van der Waals surface area (Å²) in [6.07, 6.45) is 2.25. The van der Waals surface area contributed by atoms with Gasteiger partial charge in [-0.15, -0.1) is 0 Å². The molecule has 11 heteroatoms. The van der Waals surface area contributed by atoms with E-state index in [-0.39, 0.29) is 10.5 Å². The van der Waals surface area contributed by atoms with Crippen molar-refractivity contribution in [2.24, 2.45) is 7.05 Å². The lowest BCUT2D eigenvalue weighted by atomic mass is 10.1. The third kappa shape index (κ3) is 4.28. The van der Waals surface area contributed by atoms with E-state index in [1.54, 1.807) is 36.0 Å². The fourth-order valence-corrected chi connectivity index (χ4v) is 5.54. The Hall–Kier alpha value is -2.76. The van der Waals surface area contributed by atoms with E-state index >= 15 is 0 Å². The normalized spacial score (nSPS) is 15.9. The summed E-state index contributed by atoms with van der Waals surface area (Å²) >= 11 is 0. The number of hydrogen-bond acceptors (Lipinski definition) is 7. The quantitative estimate of drug-likeness (QED) is 0.512. The molecule has 0 bridgehead atoms. The maximum absolute atomic E-state index is 13.4. The first-order valence-electron chi connectivity index (χ1n) is 11.2. The lowest BCUT2D eigenvalue weighted by molar-refractivity contribution is 0.222. The second-order valence-electron chi connectivity index (χ2n) is 8.19. The first-order chi connectivity index (χ1) is 15.8. The SMILES string of the molecule is CCCn1c(-c2cc(S(=O)(=O)N3CCN(C)CC3)ccc2OCC)nc2cnn(C)c2c1=O. The highest BCUT2D eigenvalue weighted by Crippen LogP contribution is 2.33. The third-order valence-electron chi connectivity index (χ3n) is 5.89. The average Bonchev–Trinajstić information content (AvgIpc) is 3.17. The van der Waals surface area contributed by atoms with Crippen LogP contribution in [0.2, 0.25) is 0 Å². The molecule has 1 aliphatic rings. The fraction of sp³-hybridized carbons (Fsp3) is 0.500. The van der Waals surface area contributed by atoms with E-state index in [4.69, 9.17) is 9.72 Å². The zero-order chi connectivity index (χ0) is 23.8. The monoisotopic (exact) mass is 474 g/mol. The summed E-state index contributed by atoms with van der Waals surface area (Å²) in [5.41, 5.74) is 1.13. The van der Waals surface area contributed by atoms with Crippen LogP contribution in [0.1, 0.15) is 20.3 Å². The first-order valence-corrected chi connectivity index (χ1v) is 12.6.